The summed E-state index contributed by atoms with van der Waals surface area (Å²) in [5.74, 6) is 0.175. The van der Waals surface area contributed by atoms with E-state index in [1.165, 1.54) is 18.2 Å². The zero-order valence-corrected chi connectivity index (χ0v) is 9.66. The van der Waals surface area contributed by atoms with E-state index in [1.807, 2.05) is 0 Å². The van der Waals surface area contributed by atoms with Crippen LogP contribution in [0.1, 0.15) is 12.5 Å². The lowest BCUT2D eigenvalue weighted by atomic mass is 10.1. The van der Waals surface area contributed by atoms with Crippen molar-refractivity contribution in [1.29, 1.82) is 0 Å². The smallest absolute Gasteiger partial charge is 0.123 e. The van der Waals surface area contributed by atoms with E-state index in [0.717, 1.165) is 6.54 Å². The van der Waals surface area contributed by atoms with Crippen molar-refractivity contribution >= 4 is 0 Å². The maximum atomic E-state index is 12.9. The number of hydrogen-bond donors (Lipinski definition) is 2. The zero-order valence-electron chi connectivity index (χ0n) is 9.66. The van der Waals surface area contributed by atoms with E-state index in [0.29, 0.717) is 24.6 Å². The Bertz CT molecular complexity index is 331. The van der Waals surface area contributed by atoms with Crippen LogP contribution in [0.4, 0.5) is 4.39 Å². The van der Waals surface area contributed by atoms with Gasteiger partial charge in [-0.2, -0.15) is 0 Å². The van der Waals surface area contributed by atoms with Crippen LogP contribution in [0.15, 0.2) is 18.2 Å². The fourth-order valence-corrected chi connectivity index (χ4v) is 1.49. The first-order chi connectivity index (χ1) is 7.63. The van der Waals surface area contributed by atoms with Crippen LogP contribution in [0.25, 0.3) is 0 Å². The van der Waals surface area contributed by atoms with Crippen molar-refractivity contribution in [3.63, 3.8) is 0 Å². The van der Waals surface area contributed by atoms with Crippen LogP contribution in [0.2, 0.25) is 0 Å². The van der Waals surface area contributed by atoms with Gasteiger partial charge < -0.3 is 15.2 Å². The van der Waals surface area contributed by atoms with E-state index in [-0.39, 0.29) is 11.6 Å². The Morgan fingerprint density at radius 1 is 1.50 bits per heavy atom. The Morgan fingerprint density at radius 2 is 2.25 bits per heavy atom. The number of halogens is 1. The minimum Gasteiger partial charge on any atom is -0.508 e. The second kappa shape index (κ2) is 6.45. The number of hydrogen-bond acceptors (Lipinski definition) is 3. The zero-order chi connectivity index (χ0) is 12.0. The first kappa shape index (κ1) is 12.9. The molecule has 16 heavy (non-hydrogen) atoms. The maximum Gasteiger partial charge on any atom is 0.123 e. The molecule has 1 rings (SSSR count). The lowest BCUT2D eigenvalue weighted by Crippen LogP contribution is -2.23. The number of nitrogens with one attached hydrogen (secondary N) is 1. The third-order valence-electron chi connectivity index (χ3n) is 2.30. The van der Waals surface area contributed by atoms with Crippen molar-refractivity contribution < 1.29 is 14.2 Å². The summed E-state index contributed by atoms with van der Waals surface area (Å²) >= 11 is 0. The van der Waals surface area contributed by atoms with Crippen molar-refractivity contribution in [2.75, 3.05) is 20.3 Å². The Kier molecular flexibility index (Phi) is 5.22. The quantitative estimate of drug-likeness (QED) is 0.780. The molecule has 0 fully saturated rings. The first-order valence-electron chi connectivity index (χ1n) is 5.30. The van der Waals surface area contributed by atoms with Crippen LogP contribution < -0.4 is 5.32 Å². The van der Waals surface area contributed by atoms with Gasteiger partial charge in [-0.05, 0) is 24.1 Å². The molecule has 0 spiro atoms. The number of aromatic hydroxyl groups is 1. The number of phenolic OH excluding ortho intramolecular Hbond substituents is 1. The molecule has 0 saturated heterocycles. The molecule has 0 amide bonds. The van der Waals surface area contributed by atoms with Gasteiger partial charge in [0.25, 0.3) is 0 Å². The molecule has 0 saturated carbocycles. The predicted molar refractivity (Wildman–Crippen MR) is 60.8 cm³/mol. The standard InChI is InChI=1S/C12H18FNO2/c1-9(8-16-2)6-14-7-10-5-11(13)3-4-12(10)15/h3-5,9,14-15H,6-8H2,1-2H3. The van der Waals surface area contributed by atoms with E-state index in [4.69, 9.17) is 4.74 Å². The van der Waals surface area contributed by atoms with Gasteiger partial charge in [-0.1, -0.05) is 6.92 Å². The van der Waals surface area contributed by atoms with Crippen LogP contribution in [-0.2, 0) is 11.3 Å². The monoisotopic (exact) mass is 227 g/mol. The SMILES string of the molecule is COCC(C)CNCc1cc(F)ccc1O. The molecule has 1 atom stereocenters. The third kappa shape index (κ3) is 4.16. The lowest BCUT2D eigenvalue weighted by Gasteiger charge is -2.12. The van der Waals surface area contributed by atoms with Gasteiger partial charge in [0.05, 0.1) is 0 Å². The van der Waals surface area contributed by atoms with Crippen LogP contribution in [0, 0.1) is 11.7 Å². The summed E-state index contributed by atoms with van der Waals surface area (Å²) in [6.45, 7) is 3.96. The Hall–Kier alpha value is -1.13. The molecule has 0 aliphatic rings. The fourth-order valence-electron chi connectivity index (χ4n) is 1.49. The topological polar surface area (TPSA) is 41.5 Å². The molecule has 1 aromatic carbocycles. The highest BCUT2D eigenvalue weighted by Crippen LogP contribution is 2.17. The number of phenols is 1. The number of benzene rings is 1. The molecule has 2 N–H and O–H groups in total. The van der Waals surface area contributed by atoms with Gasteiger partial charge in [0.15, 0.2) is 0 Å². The van der Waals surface area contributed by atoms with E-state index in [9.17, 15) is 9.50 Å². The summed E-state index contributed by atoms with van der Waals surface area (Å²) in [5.41, 5.74) is 0.574. The van der Waals surface area contributed by atoms with Crippen LogP contribution in [-0.4, -0.2) is 25.4 Å². The molecule has 0 aliphatic heterocycles. The van der Waals surface area contributed by atoms with Gasteiger partial charge in [0.1, 0.15) is 11.6 Å². The summed E-state index contributed by atoms with van der Waals surface area (Å²) in [7, 11) is 1.66. The minimum atomic E-state index is -0.334. The molecule has 4 heteroatoms. The molecule has 0 aromatic heterocycles. The molecule has 0 bridgehead atoms. The molecule has 1 aromatic rings. The second-order valence-corrected chi connectivity index (χ2v) is 3.96. The number of rotatable bonds is 6. The Morgan fingerprint density at radius 3 is 2.94 bits per heavy atom. The Balaban J connectivity index is 2.39. The van der Waals surface area contributed by atoms with Crippen molar-refractivity contribution in [3.05, 3.63) is 29.6 Å². The van der Waals surface area contributed by atoms with Crippen molar-refractivity contribution in [2.45, 2.75) is 13.5 Å². The molecular formula is C12H18FNO2. The molecule has 3 nitrogen and oxygen atoms in total. The van der Waals surface area contributed by atoms with E-state index in [1.54, 1.807) is 7.11 Å². The largest absolute Gasteiger partial charge is 0.508 e. The average Bonchev–Trinajstić information content (AvgIpc) is 2.23. The summed E-state index contributed by atoms with van der Waals surface area (Å²) in [5, 5.41) is 12.6. The number of ether oxygens (including phenoxy) is 1. The van der Waals surface area contributed by atoms with Crippen LogP contribution in [0.3, 0.4) is 0 Å². The third-order valence-corrected chi connectivity index (χ3v) is 2.30. The molecular weight excluding hydrogens is 209 g/mol. The fraction of sp³-hybridized carbons (Fsp3) is 0.500. The maximum absolute atomic E-state index is 12.9. The summed E-state index contributed by atoms with van der Waals surface area (Å²) in [6, 6.07) is 3.95. The highest BCUT2D eigenvalue weighted by atomic mass is 19.1. The minimum absolute atomic E-state index is 0.119. The van der Waals surface area contributed by atoms with Gasteiger partial charge in [-0.15, -0.1) is 0 Å². The van der Waals surface area contributed by atoms with Gasteiger partial charge in [-0.3, -0.25) is 0 Å². The summed E-state index contributed by atoms with van der Waals surface area (Å²) in [4.78, 5) is 0. The average molecular weight is 227 g/mol. The van der Waals surface area contributed by atoms with Crippen molar-refractivity contribution in [3.8, 4) is 5.75 Å². The molecule has 90 valence electrons. The van der Waals surface area contributed by atoms with Gasteiger partial charge in [0, 0.05) is 32.4 Å². The van der Waals surface area contributed by atoms with Crippen LogP contribution in [0.5, 0.6) is 5.75 Å². The summed E-state index contributed by atoms with van der Waals surface area (Å²) in [6.07, 6.45) is 0. The van der Waals surface area contributed by atoms with Crippen molar-refractivity contribution in [2.24, 2.45) is 5.92 Å². The summed E-state index contributed by atoms with van der Waals surface area (Å²) < 4.78 is 17.9. The van der Waals surface area contributed by atoms with Gasteiger partial charge in [0.2, 0.25) is 0 Å². The van der Waals surface area contributed by atoms with E-state index < -0.39 is 0 Å². The normalized spacial score (nSPS) is 12.7. The van der Waals surface area contributed by atoms with Gasteiger partial charge in [-0.25, -0.2) is 4.39 Å². The molecule has 1 unspecified atom stereocenters. The van der Waals surface area contributed by atoms with E-state index in [2.05, 4.69) is 12.2 Å². The lowest BCUT2D eigenvalue weighted by molar-refractivity contribution is 0.158. The highest BCUT2D eigenvalue weighted by Gasteiger charge is 2.04. The second-order valence-electron chi connectivity index (χ2n) is 3.96. The number of methoxy groups -OCH3 is 1. The van der Waals surface area contributed by atoms with Crippen molar-refractivity contribution in [1.82, 2.24) is 5.32 Å². The van der Waals surface area contributed by atoms with Gasteiger partial charge >= 0.3 is 0 Å². The predicted octanol–water partition coefficient (Wildman–Crippen LogP) is 1.90. The molecule has 0 heterocycles. The van der Waals surface area contributed by atoms with Crippen LogP contribution >= 0.6 is 0 Å². The highest BCUT2D eigenvalue weighted by molar-refractivity contribution is 5.32. The Labute approximate surface area is 95.2 Å². The molecule has 0 radical (unpaired) electrons. The van der Waals surface area contributed by atoms with E-state index >= 15 is 0 Å². The molecule has 0 aliphatic carbocycles. The first-order valence-corrected chi connectivity index (χ1v) is 5.30.